The van der Waals surface area contributed by atoms with E-state index in [1.54, 1.807) is 72.8 Å². The van der Waals surface area contributed by atoms with Crippen molar-refractivity contribution >= 4 is 89.0 Å². The lowest BCUT2D eigenvalue weighted by atomic mass is 9.43. The van der Waals surface area contributed by atoms with Gasteiger partial charge in [0.1, 0.15) is 36.9 Å². The first-order valence-corrected chi connectivity index (χ1v) is 60.6. The normalized spacial score (nSPS) is 35.2. The van der Waals surface area contributed by atoms with E-state index in [1.807, 2.05) is 32.6 Å². The van der Waals surface area contributed by atoms with E-state index in [9.17, 15) is 69.3 Å². The lowest BCUT2D eigenvalue weighted by Gasteiger charge is -2.62. The Balaban J connectivity index is 0.502. The lowest BCUT2D eigenvalue weighted by Crippen LogP contribution is -2.58. The molecule has 146 heavy (non-hydrogen) atoms. The van der Waals surface area contributed by atoms with E-state index >= 15 is 4.57 Å². The predicted octanol–water partition coefficient (Wildman–Crippen LogP) is 13.9. The van der Waals surface area contributed by atoms with Crippen molar-refractivity contribution in [1.82, 2.24) is 60.9 Å². The van der Waals surface area contributed by atoms with Crippen molar-refractivity contribution in [3.8, 4) is 0 Å². The van der Waals surface area contributed by atoms with E-state index in [4.69, 9.17) is 27.9 Å². The van der Waals surface area contributed by atoms with Gasteiger partial charge in [-0.05, 0) is 349 Å². The summed E-state index contributed by atoms with van der Waals surface area (Å²) in [6.45, 7) is 19.8. The fraction of sp³-hybridized carbons (Fsp3) is 0.722. The van der Waals surface area contributed by atoms with E-state index in [1.165, 1.54) is 0 Å². The average Bonchev–Trinajstić information content (AvgIpc) is 1.48. The van der Waals surface area contributed by atoms with Crippen LogP contribution in [0, 0.1) is 139 Å². The van der Waals surface area contributed by atoms with Crippen LogP contribution in [0.25, 0.3) is 0 Å². The number of nitrogens with zero attached hydrogens (tertiary/aromatic N) is 9. The number of aliphatic hydroxyl groups is 3. The van der Waals surface area contributed by atoms with Crippen LogP contribution in [0.1, 0.15) is 321 Å². The van der Waals surface area contributed by atoms with Gasteiger partial charge in [0.2, 0.25) is 17.7 Å². The molecule has 6 aromatic rings. The molecule has 9 N–H and O–H groups in total. The molecule has 0 saturated heterocycles. The van der Waals surface area contributed by atoms with Crippen LogP contribution in [-0.4, -0.2) is 190 Å². The summed E-state index contributed by atoms with van der Waals surface area (Å²) in [6, 6.07) is 19.3. The van der Waals surface area contributed by atoms with Gasteiger partial charge >= 0.3 is 17.9 Å². The molecule has 34 nitrogen and oxygen atoms in total. The van der Waals surface area contributed by atoms with E-state index in [0.717, 1.165) is 154 Å². The van der Waals surface area contributed by atoms with Crippen molar-refractivity contribution in [1.29, 1.82) is 0 Å². The molecule has 30 atom stereocenters. The number of amides is 3. The van der Waals surface area contributed by atoms with Crippen molar-refractivity contribution < 1.29 is 102 Å². The molecule has 12 fully saturated rings. The largest absolute Gasteiger partial charge is 0.455 e. The first-order chi connectivity index (χ1) is 69.2. The SMILES string of the molecule is C[C@H](CCC(=O)NCCS(=O)(=O)O)[C@H]1CC[C@H]2[C@@H]3CC[C@@H]4C[C@@H](n5cc(COC(=O)c6ccc(P(=O)(c7ccc(C(=O)OCc8cn([C@H]9CC[C@@]%10(C)[C@H](CC[C@@H]%11[C@@H]%10C[C@H](O)[C@]%10(C)[C@@H]([C@H](C)CCC(=O)NCCS(=O)(=O)O)CC[C@@H]%11%10)C9)nn8)cc7)c7ccc(C(=O)OCc8cn([C@H]9CC[C@@]%10(C)[C@H](CC[C@@H]%11[C@@H]%10C[C@H](O)[C@]%10(C)[C@@H]([C@H](C)CCC(=O)NCCS(=O)(=O)O)CC[C@@H]%11%10)C9)nn8)cc7)cc6)nn5)CC[C@]4(C)[C@H]3C[C@H](O)[C@]12C. The maximum absolute atomic E-state index is 16.5. The van der Waals surface area contributed by atoms with Crippen LogP contribution in [0.2, 0.25) is 0 Å². The fourth-order valence-corrected chi connectivity index (χ4v) is 37.0. The minimum absolute atomic E-state index is 0.0180. The maximum atomic E-state index is 16.5. The van der Waals surface area contributed by atoms with E-state index in [0.29, 0.717) is 123 Å². The third-order valence-corrected chi connectivity index (χ3v) is 46.5. The molecule has 38 heteroatoms. The molecule has 3 aromatic carbocycles. The molecule has 0 radical (unpaired) electrons. The van der Waals surface area contributed by atoms with Crippen LogP contribution in [-0.2, 0) is 83.3 Å². The zero-order chi connectivity index (χ0) is 104. The van der Waals surface area contributed by atoms with E-state index in [2.05, 4.69) is 109 Å². The molecule has 18 rings (SSSR count). The van der Waals surface area contributed by atoms with Crippen LogP contribution < -0.4 is 31.9 Å². The van der Waals surface area contributed by atoms with Gasteiger partial charge in [0.15, 0.2) is 7.14 Å². The van der Waals surface area contributed by atoms with Gasteiger partial charge in [-0.1, -0.05) is 114 Å². The molecule has 12 aliphatic rings. The maximum Gasteiger partial charge on any atom is 0.338 e. The standard InChI is InChI=1S/C108H153N12O22PS3/c1-64(10-37-97(124)109-46-49-144(131,132)133)85-31-34-88-82-28-19-70-52-76(40-43-103(70,4)91(82)55-94(121)106(85,88)7)118-58-73(112-115-118)61-140-100(127)67-13-22-79(23-14-67)143(130,80-24-15-68(16-25-80)101(128)141-62-74-59-119(116-113-74)77-41-44-104(5)71(53-77)20-29-83-89-35-32-86(107(89,8)95(122)56-92(83)104)65(2)11-38-98(125)110-47-50-145(134,135)136)81-26-17-69(18-27-81)102(129)142-63-75-60-120(117-114-75)78-42-45-105(6)72(54-78)21-30-84-90-36-33-87(108(90,9)96(123)57-93(84)105)66(3)12-39-99(126)111-48-51-146(137,138)139/h13-18,22-27,58-60,64-66,70-72,76-78,82-96,121-123H,10-12,19-21,28-57,61-63H2,1-9H3,(H,109,124)(H,110,125)(H,111,126)(H,131,132,133)(H,134,135,136)(H,137,138,139)/t64-,65-,66-,70-,71-,72-,76+,77+,78+,82+,83+,84+,85-,86-,87-,88+,89+,90+,91+,92+,93+,94+,95+,96+,103+,104+,105+,106-,107-,108-/m1/s1. The van der Waals surface area contributed by atoms with Gasteiger partial charge in [0.25, 0.3) is 30.4 Å². The summed E-state index contributed by atoms with van der Waals surface area (Å²) in [6.07, 6.45) is 29.6. The Labute approximate surface area is 858 Å². The number of aliphatic hydroxyl groups excluding tert-OH is 3. The summed E-state index contributed by atoms with van der Waals surface area (Å²) in [5.41, 5.74) is 1.20. The summed E-state index contributed by atoms with van der Waals surface area (Å²) in [4.78, 5) is 80.5. The number of esters is 3. The summed E-state index contributed by atoms with van der Waals surface area (Å²) in [5.74, 6) is 1.74. The highest BCUT2D eigenvalue weighted by molar-refractivity contribution is 7.86. The number of aromatic nitrogens is 9. The summed E-state index contributed by atoms with van der Waals surface area (Å²) < 4.78 is 135. The second kappa shape index (κ2) is 42.4. The van der Waals surface area contributed by atoms with E-state index < -0.39 is 91.0 Å². The Hall–Kier alpha value is -8.26. The lowest BCUT2D eigenvalue weighted by molar-refractivity contribution is -0.171. The highest BCUT2D eigenvalue weighted by atomic mass is 32.2. The Bertz CT molecular complexity index is 5590. The Morgan fingerprint density at radius 2 is 0.637 bits per heavy atom. The minimum Gasteiger partial charge on any atom is -0.455 e. The van der Waals surface area contributed by atoms with Crippen molar-refractivity contribution in [2.45, 2.75) is 311 Å². The Kier molecular flexibility index (Phi) is 31.2. The number of fused-ring (bicyclic) bond motifs is 15. The van der Waals surface area contributed by atoms with Gasteiger partial charge < -0.3 is 50.0 Å². The molecular formula is C108H153N12O22PS3. The minimum atomic E-state index is -4.19. The molecule has 0 aliphatic heterocycles. The van der Waals surface area contributed by atoms with Gasteiger partial charge in [0.05, 0.1) is 89.0 Å². The number of carbonyl (C=O) groups excluding carboxylic acids is 6. The molecule has 3 amide bonds. The molecular weight excluding hydrogens is 1940 g/mol. The van der Waals surface area contributed by atoms with Gasteiger partial charge in [-0.25, -0.2) is 28.4 Å². The topological polar surface area (TPSA) is 499 Å². The number of hydrogen-bond acceptors (Lipinski definition) is 25. The molecule has 3 heterocycles. The second-order valence-corrected chi connectivity index (χ2v) is 55.6. The smallest absolute Gasteiger partial charge is 0.338 e. The molecule has 0 unspecified atom stereocenters. The Morgan fingerprint density at radius 3 is 0.890 bits per heavy atom. The third-order valence-electron chi connectivity index (χ3n) is 41.3. The van der Waals surface area contributed by atoms with Crippen LogP contribution in [0.15, 0.2) is 91.4 Å². The monoisotopic (exact) mass is 2100 g/mol. The zero-order valence-corrected chi connectivity index (χ0v) is 89.3. The summed E-state index contributed by atoms with van der Waals surface area (Å²) >= 11 is 0. The van der Waals surface area contributed by atoms with Crippen molar-refractivity contribution in [3.63, 3.8) is 0 Å². The highest BCUT2D eigenvalue weighted by Crippen LogP contribution is 2.73. The van der Waals surface area contributed by atoms with Gasteiger partial charge in [-0.15, -0.1) is 15.3 Å². The van der Waals surface area contributed by atoms with Crippen LogP contribution in [0.5, 0.6) is 0 Å². The van der Waals surface area contributed by atoms with Crippen molar-refractivity contribution in [2.24, 2.45) is 139 Å². The number of rotatable bonds is 36. The summed E-state index contributed by atoms with van der Waals surface area (Å²) in [5, 5.41) is 73.2. The van der Waals surface area contributed by atoms with Gasteiger partial charge in [-0.2, -0.15) is 25.3 Å². The Morgan fingerprint density at radius 1 is 0.377 bits per heavy atom. The van der Waals surface area contributed by atoms with Crippen LogP contribution >= 0.6 is 7.14 Å². The van der Waals surface area contributed by atoms with E-state index in [-0.39, 0.29) is 179 Å². The molecule has 12 aliphatic carbocycles. The third kappa shape index (κ3) is 21.4. The second-order valence-electron chi connectivity index (χ2n) is 48.2. The van der Waals surface area contributed by atoms with Gasteiger partial charge in [-0.3, -0.25) is 28.0 Å². The highest BCUT2D eigenvalue weighted by Gasteiger charge is 2.68. The zero-order valence-electron chi connectivity index (χ0n) is 86.0. The van der Waals surface area contributed by atoms with Crippen molar-refractivity contribution in [2.75, 3.05) is 36.9 Å². The fourth-order valence-electron chi connectivity index (χ4n) is 33.3. The molecule has 0 bridgehead atoms. The first-order valence-electron chi connectivity index (χ1n) is 54.0. The van der Waals surface area contributed by atoms with Crippen molar-refractivity contribution in [3.05, 3.63) is 125 Å². The molecule has 800 valence electrons. The molecule has 3 aromatic heterocycles. The molecule has 0 spiro atoms. The first kappa shape index (κ1) is 108. The average molecular weight is 2100 g/mol. The summed E-state index contributed by atoms with van der Waals surface area (Å²) in [7, 11) is -16.5. The number of ether oxygens (including phenoxy) is 3. The number of nitrogens with one attached hydrogen (secondary N) is 3. The van der Waals surface area contributed by atoms with Crippen LogP contribution in [0.3, 0.4) is 0 Å². The predicted molar refractivity (Wildman–Crippen MR) is 544 cm³/mol. The van der Waals surface area contributed by atoms with Crippen LogP contribution in [0.4, 0.5) is 0 Å². The quantitative estimate of drug-likeness (QED) is 0.00763. The number of hydrogen-bond donors (Lipinski definition) is 9. The number of benzene rings is 3. The van der Waals surface area contributed by atoms with Gasteiger partial charge in [0, 0.05) is 54.8 Å². The molecule has 12 saturated carbocycles. The number of carbonyl (C=O) groups is 6.